The van der Waals surface area contributed by atoms with E-state index in [0.29, 0.717) is 6.54 Å². The lowest BCUT2D eigenvalue weighted by molar-refractivity contribution is -0.135. The number of likely N-dealkylation sites (tertiary alicyclic amines) is 1. The van der Waals surface area contributed by atoms with Crippen molar-refractivity contribution in [1.82, 2.24) is 19.4 Å². The molecule has 1 aliphatic heterocycles. The molecule has 0 radical (unpaired) electrons. The summed E-state index contributed by atoms with van der Waals surface area (Å²) in [7, 11) is 0. The minimum Gasteiger partial charge on any atom is -0.371 e. The average molecular weight is 490 g/mol. The molecule has 3 N–H and O–H groups in total. The number of benzene rings is 2. The number of aliphatic hydroxyl groups excluding tert-OH is 1. The van der Waals surface area contributed by atoms with Crippen molar-refractivity contribution < 1.29 is 9.90 Å². The number of carbonyl (C=O) groups excluding carboxylic acids is 1. The number of hydrogen-bond donors (Lipinski definition) is 3. The minimum absolute atomic E-state index is 0.00156. The van der Waals surface area contributed by atoms with Crippen LogP contribution < -0.4 is 5.32 Å². The number of para-hydroxylation sites is 4. The molecule has 4 aromatic rings. The zero-order valence-corrected chi connectivity index (χ0v) is 21.1. The largest absolute Gasteiger partial charge is 0.371 e. The highest BCUT2D eigenvalue weighted by Gasteiger charge is 2.45. The lowest BCUT2D eigenvalue weighted by Crippen LogP contribution is -2.56. The van der Waals surface area contributed by atoms with Crippen LogP contribution in [0.4, 0.5) is 5.69 Å². The molecule has 35 heavy (non-hydrogen) atoms. The number of nitrogens with one attached hydrogen (secondary N) is 2. The van der Waals surface area contributed by atoms with Crippen LogP contribution in [0, 0.1) is 13.8 Å². The molecule has 0 bridgehead atoms. The molecule has 3 heterocycles. The van der Waals surface area contributed by atoms with Gasteiger partial charge in [0.25, 0.3) is 0 Å². The number of aromatic amines is 1. The van der Waals surface area contributed by atoms with Crippen molar-refractivity contribution in [1.29, 1.82) is 0 Å². The zero-order chi connectivity index (χ0) is 24.6. The van der Waals surface area contributed by atoms with E-state index in [9.17, 15) is 9.90 Å². The summed E-state index contributed by atoms with van der Waals surface area (Å²) < 4.78 is 2.17. The van der Waals surface area contributed by atoms with Crippen molar-refractivity contribution in [2.75, 3.05) is 17.6 Å². The maximum absolute atomic E-state index is 13.3. The summed E-state index contributed by atoms with van der Waals surface area (Å²) in [4.78, 5) is 22.9. The number of thioether (sulfide) groups is 1. The maximum atomic E-state index is 13.3. The third-order valence-corrected chi connectivity index (χ3v) is 7.84. The van der Waals surface area contributed by atoms with Crippen molar-refractivity contribution in [2.45, 2.75) is 50.5 Å². The van der Waals surface area contributed by atoms with Gasteiger partial charge in [0.2, 0.25) is 5.91 Å². The Labute approximate surface area is 209 Å². The topological polar surface area (TPSA) is 86.2 Å². The quantitative estimate of drug-likeness (QED) is 0.255. The Kier molecular flexibility index (Phi) is 6.34. The predicted molar refractivity (Wildman–Crippen MR) is 141 cm³/mol. The van der Waals surface area contributed by atoms with Crippen molar-refractivity contribution in [2.24, 2.45) is 0 Å². The maximum Gasteiger partial charge on any atom is 0.233 e. The number of aryl methyl sites for hydroxylation is 2. The summed E-state index contributed by atoms with van der Waals surface area (Å²) >= 11 is 1.40. The van der Waals surface area contributed by atoms with E-state index in [-0.39, 0.29) is 11.7 Å². The van der Waals surface area contributed by atoms with E-state index in [1.165, 1.54) is 11.8 Å². The van der Waals surface area contributed by atoms with Crippen LogP contribution in [-0.4, -0.2) is 54.5 Å². The van der Waals surface area contributed by atoms with Crippen molar-refractivity contribution in [3.8, 4) is 5.69 Å². The minimum atomic E-state index is -0.914. The lowest BCUT2D eigenvalue weighted by atomic mass is 9.96. The molecule has 8 heteroatoms. The summed E-state index contributed by atoms with van der Waals surface area (Å²) in [6.07, 6.45) is 0.669. The number of nitrogens with zero attached hydrogens (tertiary/aromatic N) is 3. The van der Waals surface area contributed by atoms with Crippen LogP contribution in [-0.2, 0) is 4.79 Å². The van der Waals surface area contributed by atoms with Gasteiger partial charge in [-0.1, -0.05) is 36.0 Å². The number of fused-ring (bicyclic) bond motifs is 1. The molecule has 2 aromatic heterocycles. The molecule has 1 fully saturated rings. The molecule has 0 aliphatic carbocycles. The Morgan fingerprint density at radius 1 is 1.14 bits per heavy atom. The number of aromatic nitrogens is 3. The molecule has 5 rings (SSSR count). The van der Waals surface area contributed by atoms with Gasteiger partial charge in [-0.25, -0.2) is 4.98 Å². The molecule has 0 spiro atoms. The molecular formula is C27H31N5O2S. The first-order chi connectivity index (χ1) is 16.9. The molecule has 2 atom stereocenters. The van der Waals surface area contributed by atoms with Gasteiger partial charge in [0.05, 0.1) is 33.7 Å². The van der Waals surface area contributed by atoms with Crippen LogP contribution in [0.1, 0.15) is 31.2 Å². The molecule has 1 amide bonds. The molecule has 1 saturated heterocycles. The standard InChI is InChI=1S/C27H31N5O2S/c1-18-13-14-19(2)32(18)23-12-7-6-11-22(23)28-25(34)27(3)15-8-16-31(27)24(33)17-35-26-29-20-9-4-5-10-21(20)30-26/h4-7,9-14,25,28,34H,8,15-17H2,1-3H3,(H,29,30). The van der Waals surface area contributed by atoms with Crippen LogP contribution in [0.2, 0.25) is 0 Å². The van der Waals surface area contributed by atoms with E-state index in [4.69, 9.17) is 0 Å². The van der Waals surface area contributed by atoms with Crippen LogP contribution in [0.5, 0.6) is 0 Å². The Bertz CT molecular complexity index is 1310. The first-order valence-corrected chi connectivity index (χ1v) is 12.9. The van der Waals surface area contributed by atoms with Gasteiger partial charge < -0.3 is 24.9 Å². The number of H-pyrrole nitrogens is 1. The lowest BCUT2D eigenvalue weighted by Gasteiger charge is -2.40. The molecular weight excluding hydrogens is 458 g/mol. The second kappa shape index (κ2) is 9.43. The summed E-state index contributed by atoms with van der Waals surface area (Å²) in [6.45, 7) is 6.74. The number of carbonyl (C=O) groups is 1. The van der Waals surface area contributed by atoms with Gasteiger partial charge in [0, 0.05) is 17.9 Å². The van der Waals surface area contributed by atoms with E-state index >= 15 is 0 Å². The van der Waals surface area contributed by atoms with Crippen molar-refractivity contribution in [3.63, 3.8) is 0 Å². The Morgan fingerprint density at radius 2 is 1.86 bits per heavy atom. The zero-order valence-electron chi connectivity index (χ0n) is 20.3. The van der Waals surface area contributed by atoms with Crippen LogP contribution in [0.3, 0.4) is 0 Å². The molecule has 182 valence electrons. The SMILES string of the molecule is Cc1ccc(C)n1-c1ccccc1NC(O)C1(C)CCCN1C(=O)CSc1nc2ccccc2[nH]1. The Balaban J connectivity index is 1.31. The average Bonchev–Trinajstić information content (AvgIpc) is 3.55. The van der Waals surface area contributed by atoms with E-state index in [1.807, 2.05) is 60.4 Å². The number of amides is 1. The summed E-state index contributed by atoms with van der Waals surface area (Å²) in [5, 5.41) is 15.4. The van der Waals surface area contributed by atoms with Gasteiger partial charge in [0.15, 0.2) is 5.16 Å². The van der Waals surface area contributed by atoms with Gasteiger partial charge in [-0.2, -0.15) is 0 Å². The monoisotopic (exact) mass is 489 g/mol. The third kappa shape index (κ3) is 4.44. The number of rotatable bonds is 7. The Hall–Kier alpha value is -3.23. The fraction of sp³-hybridized carbons (Fsp3) is 0.333. The van der Waals surface area contributed by atoms with E-state index in [0.717, 1.165) is 51.8 Å². The van der Waals surface area contributed by atoms with Gasteiger partial charge in [0.1, 0.15) is 6.23 Å². The van der Waals surface area contributed by atoms with Crippen LogP contribution in [0.25, 0.3) is 16.7 Å². The molecule has 2 aromatic carbocycles. The molecule has 7 nitrogen and oxygen atoms in total. The van der Waals surface area contributed by atoms with Crippen LogP contribution in [0.15, 0.2) is 65.8 Å². The normalized spacial score (nSPS) is 18.8. The van der Waals surface area contributed by atoms with E-state index in [2.05, 4.69) is 45.8 Å². The van der Waals surface area contributed by atoms with Crippen LogP contribution >= 0.6 is 11.8 Å². The third-order valence-electron chi connectivity index (χ3n) is 6.98. The summed E-state index contributed by atoms with van der Waals surface area (Å²) in [5.41, 5.74) is 5.20. The molecule has 1 aliphatic rings. The highest BCUT2D eigenvalue weighted by atomic mass is 32.2. The van der Waals surface area contributed by atoms with Gasteiger partial charge in [-0.3, -0.25) is 4.79 Å². The summed E-state index contributed by atoms with van der Waals surface area (Å²) in [6, 6.07) is 20.0. The molecule has 0 saturated carbocycles. The smallest absolute Gasteiger partial charge is 0.233 e. The highest BCUT2D eigenvalue weighted by Crippen LogP contribution is 2.35. The van der Waals surface area contributed by atoms with Gasteiger partial charge in [-0.05, 0) is 70.0 Å². The second-order valence-electron chi connectivity index (χ2n) is 9.37. The van der Waals surface area contributed by atoms with E-state index < -0.39 is 11.8 Å². The molecule has 2 unspecified atom stereocenters. The van der Waals surface area contributed by atoms with Gasteiger partial charge >= 0.3 is 0 Å². The number of imidazole rings is 1. The fourth-order valence-electron chi connectivity index (χ4n) is 5.03. The van der Waals surface area contributed by atoms with Crippen molar-refractivity contribution in [3.05, 3.63) is 72.1 Å². The number of anilines is 1. The highest BCUT2D eigenvalue weighted by molar-refractivity contribution is 7.99. The van der Waals surface area contributed by atoms with Crippen molar-refractivity contribution >= 4 is 34.4 Å². The second-order valence-corrected chi connectivity index (χ2v) is 10.3. The predicted octanol–water partition coefficient (Wildman–Crippen LogP) is 4.87. The first kappa shape index (κ1) is 23.5. The Morgan fingerprint density at radius 3 is 2.63 bits per heavy atom. The number of hydrogen-bond acceptors (Lipinski definition) is 5. The number of aliphatic hydroxyl groups is 1. The first-order valence-electron chi connectivity index (χ1n) is 11.9. The summed E-state index contributed by atoms with van der Waals surface area (Å²) in [5.74, 6) is 0.266. The van der Waals surface area contributed by atoms with E-state index in [1.54, 1.807) is 0 Å². The fourth-order valence-corrected chi connectivity index (χ4v) is 5.79. The van der Waals surface area contributed by atoms with Gasteiger partial charge in [-0.15, -0.1) is 0 Å².